The van der Waals surface area contributed by atoms with Gasteiger partial charge in [-0.2, -0.15) is 4.98 Å². The Morgan fingerprint density at radius 3 is 2.89 bits per heavy atom. The number of aliphatic hydroxyl groups excluding tert-OH is 1. The zero-order valence-corrected chi connectivity index (χ0v) is 10.9. The van der Waals surface area contributed by atoms with Crippen molar-refractivity contribution in [1.29, 1.82) is 0 Å². The van der Waals surface area contributed by atoms with E-state index in [1.807, 2.05) is 0 Å². The highest BCUT2D eigenvalue weighted by atomic mass is 79.9. The lowest BCUT2D eigenvalue weighted by Crippen LogP contribution is -2.12. The van der Waals surface area contributed by atoms with E-state index in [2.05, 4.69) is 26.1 Å². The Morgan fingerprint density at radius 2 is 2.22 bits per heavy atom. The van der Waals surface area contributed by atoms with Gasteiger partial charge in [-0.3, -0.25) is 0 Å². The van der Waals surface area contributed by atoms with Gasteiger partial charge in [0, 0.05) is 16.6 Å². The zero-order chi connectivity index (χ0) is 13.1. The predicted octanol–water partition coefficient (Wildman–Crippen LogP) is 2.02. The van der Waals surface area contributed by atoms with Gasteiger partial charge in [0.1, 0.15) is 5.82 Å². The first-order chi connectivity index (χ1) is 8.60. The summed E-state index contributed by atoms with van der Waals surface area (Å²) in [6.07, 6.45) is 0.328. The second-order valence-electron chi connectivity index (χ2n) is 3.73. The van der Waals surface area contributed by atoms with E-state index in [4.69, 9.17) is 15.4 Å². The third kappa shape index (κ3) is 2.92. The molecule has 2 aromatic rings. The molecule has 18 heavy (non-hydrogen) atoms. The van der Waals surface area contributed by atoms with Crippen molar-refractivity contribution in [2.75, 3.05) is 6.61 Å². The molecule has 1 unspecified atom stereocenters. The van der Waals surface area contributed by atoms with Gasteiger partial charge in [0.25, 0.3) is 0 Å². The van der Waals surface area contributed by atoms with Crippen LogP contribution in [0.5, 0.6) is 0 Å². The Bertz CT molecular complexity index is 527. The molecule has 3 N–H and O–H groups in total. The molecular weight excluding hydrogens is 305 g/mol. The van der Waals surface area contributed by atoms with E-state index in [1.165, 1.54) is 12.1 Å². The number of aromatic nitrogens is 2. The second-order valence-corrected chi connectivity index (χ2v) is 4.65. The van der Waals surface area contributed by atoms with Crippen molar-refractivity contribution >= 4 is 15.9 Å². The number of aliphatic hydroxyl groups is 1. The maximum absolute atomic E-state index is 13.2. The maximum Gasteiger partial charge on any atom is 0.243 e. The summed E-state index contributed by atoms with van der Waals surface area (Å²) in [5, 5.41) is 12.5. The van der Waals surface area contributed by atoms with Crippen LogP contribution in [0, 0.1) is 5.82 Å². The Morgan fingerprint density at radius 1 is 1.44 bits per heavy atom. The van der Waals surface area contributed by atoms with Crippen LogP contribution in [0.4, 0.5) is 4.39 Å². The molecule has 1 aromatic heterocycles. The van der Waals surface area contributed by atoms with E-state index in [0.717, 1.165) is 0 Å². The molecule has 1 heterocycles. The summed E-state index contributed by atoms with van der Waals surface area (Å²) in [5.74, 6) is 0.0865. The number of benzene rings is 1. The molecule has 0 saturated carbocycles. The fourth-order valence-corrected chi connectivity index (χ4v) is 1.91. The van der Waals surface area contributed by atoms with Crippen LogP contribution in [-0.2, 0) is 0 Å². The first-order valence-corrected chi connectivity index (χ1v) is 6.06. The molecular formula is C11H11BrFN3O2. The van der Waals surface area contributed by atoms with Crippen molar-refractivity contribution in [3.63, 3.8) is 0 Å². The van der Waals surface area contributed by atoms with Gasteiger partial charge in [-0.1, -0.05) is 21.1 Å². The Labute approximate surface area is 111 Å². The normalized spacial score (nSPS) is 12.7. The van der Waals surface area contributed by atoms with Crippen LogP contribution in [0.15, 0.2) is 27.2 Å². The van der Waals surface area contributed by atoms with Crippen molar-refractivity contribution < 1.29 is 14.0 Å². The molecule has 1 aromatic carbocycles. The number of hydrogen-bond acceptors (Lipinski definition) is 5. The third-order valence-electron chi connectivity index (χ3n) is 2.32. The molecule has 0 radical (unpaired) electrons. The minimum atomic E-state index is -0.520. The van der Waals surface area contributed by atoms with Gasteiger partial charge in [0.05, 0.1) is 6.04 Å². The largest absolute Gasteiger partial charge is 0.396 e. The van der Waals surface area contributed by atoms with Crippen molar-refractivity contribution in [2.45, 2.75) is 12.5 Å². The summed E-state index contributed by atoms with van der Waals surface area (Å²) < 4.78 is 18.8. The van der Waals surface area contributed by atoms with Crippen LogP contribution in [0.25, 0.3) is 11.4 Å². The SMILES string of the molecule is NC(CCO)c1nc(-c2cc(F)cc(Br)c2)no1. The number of nitrogens with two attached hydrogens (primary N) is 1. The summed E-state index contributed by atoms with van der Waals surface area (Å²) in [4.78, 5) is 4.08. The fraction of sp³-hybridized carbons (Fsp3) is 0.273. The summed E-state index contributed by atoms with van der Waals surface area (Å²) >= 11 is 3.19. The monoisotopic (exact) mass is 315 g/mol. The minimum Gasteiger partial charge on any atom is -0.396 e. The molecule has 0 aliphatic heterocycles. The van der Waals surface area contributed by atoms with Crippen LogP contribution in [0.2, 0.25) is 0 Å². The van der Waals surface area contributed by atoms with Crippen molar-refractivity contribution in [3.8, 4) is 11.4 Å². The Hall–Kier alpha value is -1.31. The van der Waals surface area contributed by atoms with Gasteiger partial charge in [-0.15, -0.1) is 0 Å². The molecule has 2 rings (SSSR count). The lowest BCUT2D eigenvalue weighted by Gasteiger charge is -2.01. The number of halogens is 2. The van der Waals surface area contributed by atoms with Gasteiger partial charge in [-0.05, 0) is 24.6 Å². The zero-order valence-electron chi connectivity index (χ0n) is 9.31. The Kier molecular flexibility index (Phi) is 4.05. The highest BCUT2D eigenvalue weighted by molar-refractivity contribution is 9.10. The molecule has 0 aliphatic carbocycles. The first kappa shape index (κ1) is 13.1. The van der Waals surface area contributed by atoms with Gasteiger partial charge in [-0.25, -0.2) is 4.39 Å². The minimum absolute atomic E-state index is 0.0651. The molecule has 0 saturated heterocycles. The molecule has 0 aliphatic rings. The number of hydrogen-bond donors (Lipinski definition) is 2. The smallest absolute Gasteiger partial charge is 0.243 e. The second kappa shape index (κ2) is 5.55. The first-order valence-electron chi connectivity index (χ1n) is 5.26. The number of nitrogens with zero attached hydrogens (tertiary/aromatic N) is 2. The van der Waals surface area contributed by atoms with Crippen LogP contribution in [0.3, 0.4) is 0 Å². The van der Waals surface area contributed by atoms with E-state index in [9.17, 15) is 4.39 Å². The summed E-state index contributed by atoms with van der Waals surface area (Å²) in [6, 6.07) is 3.79. The average molecular weight is 316 g/mol. The molecule has 7 heteroatoms. The molecule has 1 atom stereocenters. The molecule has 0 amide bonds. The van der Waals surface area contributed by atoms with Crippen molar-refractivity contribution in [3.05, 3.63) is 34.4 Å². The molecule has 96 valence electrons. The lowest BCUT2D eigenvalue weighted by atomic mass is 10.2. The average Bonchev–Trinajstić information content (AvgIpc) is 2.77. The van der Waals surface area contributed by atoms with E-state index in [0.29, 0.717) is 16.5 Å². The maximum atomic E-state index is 13.2. The van der Waals surface area contributed by atoms with Crippen LogP contribution >= 0.6 is 15.9 Å². The standard InChI is InChI=1S/C11H11BrFN3O2/c12-7-3-6(4-8(13)5-7)10-15-11(18-16-10)9(14)1-2-17/h3-5,9,17H,1-2,14H2. The van der Waals surface area contributed by atoms with E-state index in [-0.39, 0.29) is 18.3 Å². The summed E-state index contributed by atoms with van der Waals surface area (Å²) in [5.41, 5.74) is 6.21. The van der Waals surface area contributed by atoms with E-state index >= 15 is 0 Å². The van der Waals surface area contributed by atoms with Gasteiger partial charge in [0.15, 0.2) is 0 Å². The molecule has 0 fully saturated rings. The Balaban J connectivity index is 2.29. The van der Waals surface area contributed by atoms with Crippen molar-refractivity contribution in [2.24, 2.45) is 5.73 Å². The van der Waals surface area contributed by atoms with Gasteiger partial charge < -0.3 is 15.4 Å². The summed E-state index contributed by atoms with van der Waals surface area (Å²) in [6.45, 7) is -0.0651. The molecule has 5 nitrogen and oxygen atoms in total. The van der Waals surface area contributed by atoms with Crippen LogP contribution in [0.1, 0.15) is 18.4 Å². The highest BCUT2D eigenvalue weighted by Gasteiger charge is 2.15. The van der Waals surface area contributed by atoms with Crippen LogP contribution < -0.4 is 5.73 Å². The van der Waals surface area contributed by atoms with Gasteiger partial charge >= 0.3 is 0 Å². The molecule has 0 spiro atoms. The fourth-order valence-electron chi connectivity index (χ4n) is 1.45. The topological polar surface area (TPSA) is 85.2 Å². The van der Waals surface area contributed by atoms with E-state index in [1.54, 1.807) is 6.07 Å². The quantitative estimate of drug-likeness (QED) is 0.901. The predicted molar refractivity (Wildman–Crippen MR) is 66.0 cm³/mol. The third-order valence-corrected chi connectivity index (χ3v) is 2.78. The lowest BCUT2D eigenvalue weighted by molar-refractivity contribution is 0.259. The van der Waals surface area contributed by atoms with E-state index < -0.39 is 11.9 Å². The highest BCUT2D eigenvalue weighted by Crippen LogP contribution is 2.23. The van der Waals surface area contributed by atoms with Gasteiger partial charge in [0.2, 0.25) is 11.7 Å². The van der Waals surface area contributed by atoms with Crippen LogP contribution in [-0.4, -0.2) is 21.9 Å². The summed E-state index contributed by atoms with van der Waals surface area (Å²) in [7, 11) is 0. The molecule has 0 bridgehead atoms. The van der Waals surface area contributed by atoms with Crippen molar-refractivity contribution in [1.82, 2.24) is 10.1 Å². The number of rotatable bonds is 4.